The van der Waals surface area contributed by atoms with Crippen molar-refractivity contribution in [3.8, 4) is 6.07 Å². The highest BCUT2D eigenvalue weighted by Crippen LogP contribution is 2.45. The molecule has 0 saturated heterocycles. The third kappa shape index (κ3) is 2.32. The van der Waals surface area contributed by atoms with Crippen LogP contribution < -0.4 is 4.90 Å². The summed E-state index contributed by atoms with van der Waals surface area (Å²) in [7, 11) is 2.04. The first-order valence-corrected chi connectivity index (χ1v) is 5.82. The Hall–Kier alpha value is -1.01. The van der Waals surface area contributed by atoms with E-state index in [1.54, 1.807) is 0 Å². The summed E-state index contributed by atoms with van der Waals surface area (Å²) in [6.45, 7) is 0.833. The largest absolute Gasteiger partial charge is 0.373 e. The number of hydrogen-bond acceptors (Lipinski definition) is 2. The SMILES string of the molecule is CN(CC1(C#N)CC1)c1cccc(Br)c1. The third-order valence-electron chi connectivity index (χ3n) is 2.88. The molecule has 0 bridgehead atoms. The van der Waals surface area contributed by atoms with Gasteiger partial charge in [0.05, 0.1) is 11.5 Å². The molecule has 0 aliphatic heterocycles. The van der Waals surface area contributed by atoms with Gasteiger partial charge in [-0.05, 0) is 31.0 Å². The molecule has 0 spiro atoms. The molecule has 0 amide bonds. The maximum atomic E-state index is 9.02. The summed E-state index contributed by atoms with van der Waals surface area (Å²) in [5.74, 6) is 0. The van der Waals surface area contributed by atoms with Gasteiger partial charge in [0.1, 0.15) is 0 Å². The van der Waals surface area contributed by atoms with Crippen LogP contribution in [0.5, 0.6) is 0 Å². The minimum Gasteiger partial charge on any atom is -0.373 e. The van der Waals surface area contributed by atoms with E-state index in [9.17, 15) is 0 Å². The summed E-state index contributed by atoms with van der Waals surface area (Å²) in [5, 5.41) is 9.02. The Labute approximate surface area is 98.6 Å². The molecule has 0 N–H and O–H groups in total. The van der Waals surface area contributed by atoms with Crippen LogP contribution in [0.2, 0.25) is 0 Å². The van der Waals surface area contributed by atoms with E-state index in [2.05, 4.69) is 39.0 Å². The molecule has 15 heavy (non-hydrogen) atoms. The van der Waals surface area contributed by atoms with Crippen molar-refractivity contribution in [2.24, 2.45) is 5.41 Å². The summed E-state index contributed by atoms with van der Waals surface area (Å²) in [6, 6.07) is 10.6. The van der Waals surface area contributed by atoms with E-state index in [-0.39, 0.29) is 5.41 Å². The van der Waals surface area contributed by atoms with Crippen LogP contribution in [0.1, 0.15) is 12.8 Å². The number of nitrogens with zero attached hydrogens (tertiary/aromatic N) is 2. The molecule has 0 heterocycles. The van der Waals surface area contributed by atoms with Gasteiger partial charge in [-0.15, -0.1) is 0 Å². The fourth-order valence-corrected chi connectivity index (χ4v) is 2.10. The lowest BCUT2D eigenvalue weighted by Gasteiger charge is -2.21. The van der Waals surface area contributed by atoms with Crippen molar-refractivity contribution in [1.82, 2.24) is 0 Å². The van der Waals surface area contributed by atoms with Crippen LogP contribution in [0.3, 0.4) is 0 Å². The normalized spacial score (nSPS) is 16.9. The Bertz CT molecular complexity index is 404. The van der Waals surface area contributed by atoms with Crippen LogP contribution in [-0.2, 0) is 0 Å². The Balaban J connectivity index is 2.09. The van der Waals surface area contributed by atoms with E-state index in [0.717, 1.165) is 29.5 Å². The zero-order chi connectivity index (χ0) is 10.9. The van der Waals surface area contributed by atoms with Gasteiger partial charge >= 0.3 is 0 Å². The zero-order valence-corrected chi connectivity index (χ0v) is 10.3. The monoisotopic (exact) mass is 264 g/mol. The topological polar surface area (TPSA) is 27.0 Å². The molecule has 1 aliphatic carbocycles. The third-order valence-corrected chi connectivity index (χ3v) is 3.37. The molecule has 0 atom stereocenters. The van der Waals surface area contributed by atoms with Gasteiger partial charge < -0.3 is 4.90 Å². The second-order valence-electron chi connectivity index (χ2n) is 4.23. The quantitative estimate of drug-likeness (QED) is 0.839. The van der Waals surface area contributed by atoms with E-state index in [1.165, 1.54) is 0 Å². The Kier molecular flexibility index (Phi) is 2.70. The molecule has 1 fully saturated rings. The maximum Gasteiger partial charge on any atom is 0.0749 e. The first-order chi connectivity index (χ1) is 7.15. The fourth-order valence-electron chi connectivity index (χ4n) is 1.72. The molecule has 0 unspecified atom stereocenters. The Morgan fingerprint density at radius 1 is 1.53 bits per heavy atom. The Morgan fingerprint density at radius 2 is 2.27 bits per heavy atom. The Morgan fingerprint density at radius 3 is 2.80 bits per heavy atom. The second-order valence-corrected chi connectivity index (χ2v) is 5.14. The lowest BCUT2D eigenvalue weighted by Crippen LogP contribution is -2.25. The van der Waals surface area contributed by atoms with Gasteiger partial charge in [-0.3, -0.25) is 0 Å². The number of benzene rings is 1. The van der Waals surface area contributed by atoms with Gasteiger partial charge in [0, 0.05) is 23.8 Å². The average molecular weight is 265 g/mol. The van der Waals surface area contributed by atoms with Crippen molar-refractivity contribution >= 4 is 21.6 Å². The first kappa shape index (κ1) is 10.5. The van der Waals surface area contributed by atoms with Crippen molar-refractivity contribution < 1.29 is 0 Å². The van der Waals surface area contributed by atoms with Crippen LogP contribution in [-0.4, -0.2) is 13.6 Å². The molecule has 1 aliphatic rings. The van der Waals surface area contributed by atoms with Gasteiger partial charge in [-0.2, -0.15) is 5.26 Å². The highest BCUT2D eigenvalue weighted by molar-refractivity contribution is 9.10. The minimum absolute atomic E-state index is 0.0724. The van der Waals surface area contributed by atoms with Crippen molar-refractivity contribution in [1.29, 1.82) is 5.26 Å². The number of anilines is 1. The second kappa shape index (κ2) is 3.86. The van der Waals surface area contributed by atoms with Gasteiger partial charge in [-0.25, -0.2) is 0 Å². The van der Waals surface area contributed by atoms with Crippen LogP contribution in [0, 0.1) is 16.7 Å². The predicted octanol–water partition coefficient (Wildman–Crippen LogP) is 3.19. The van der Waals surface area contributed by atoms with Crippen LogP contribution in [0.15, 0.2) is 28.7 Å². The molecule has 1 aromatic carbocycles. The van der Waals surface area contributed by atoms with Gasteiger partial charge in [0.25, 0.3) is 0 Å². The van der Waals surface area contributed by atoms with E-state index >= 15 is 0 Å². The predicted molar refractivity (Wildman–Crippen MR) is 64.7 cm³/mol. The summed E-state index contributed by atoms with van der Waals surface area (Å²) < 4.78 is 1.08. The number of nitriles is 1. The molecular weight excluding hydrogens is 252 g/mol. The summed E-state index contributed by atoms with van der Waals surface area (Å²) in [4.78, 5) is 2.15. The van der Waals surface area contributed by atoms with Gasteiger partial charge in [-0.1, -0.05) is 22.0 Å². The van der Waals surface area contributed by atoms with Gasteiger partial charge in [0.2, 0.25) is 0 Å². The smallest absolute Gasteiger partial charge is 0.0749 e. The molecule has 3 heteroatoms. The zero-order valence-electron chi connectivity index (χ0n) is 8.70. The molecule has 78 valence electrons. The molecule has 0 radical (unpaired) electrons. The first-order valence-electron chi connectivity index (χ1n) is 5.03. The standard InChI is InChI=1S/C12H13BrN2/c1-15(9-12(8-14)5-6-12)11-4-2-3-10(13)7-11/h2-4,7H,5-6,9H2,1H3. The fraction of sp³-hybridized carbons (Fsp3) is 0.417. The van der Waals surface area contributed by atoms with Crippen LogP contribution in [0.25, 0.3) is 0 Å². The highest BCUT2D eigenvalue weighted by atomic mass is 79.9. The molecule has 2 nitrogen and oxygen atoms in total. The van der Waals surface area contributed by atoms with E-state index in [0.29, 0.717) is 0 Å². The lowest BCUT2D eigenvalue weighted by atomic mass is 10.1. The van der Waals surface area contributed by atoms with E-state index in [1.807, 2.05) is 19.2 Å². The van der Waals surface area contributed by atoms with Gasteiger partial charge in [0.15, 0.2) is 0 Å². The number of halogens is 1. The molecular formula is C12H13BrN2. The summed E-state index contributed by atoms with van der Waals surface area (Å²) in [6.07, 6.45) is 2.09. The lowest BCUT2D eigenvalue weighted by molar-refractivity contribution is 0.653. The molecule has 1 aromatic rings. The van der Waals surface area contributed by atoms with E-state index in [4.69, 9.17) is 5.26 Å². The van der Waals surface area contributed by atoms with Crippen molar-refractivity contribution in [3.05, 3.63) is 28.7 Å². The molecule has 1 saturated carbocycles. The highest BCUT2D eigenvalue weighted by Gasteiger charge is 2.44. The molecule has 2 rings (SSSR count). The number of hydrogen-bond donors (Lipinski definition) is 0. The van der Waals surface area contributed by atoms with Crippen molar-refractivity contribution in [2.45, 2.75) is 12.8 Å². The van der Waals surface area contributed by atoms with Crippen molar-refractivity contribution in [3.63, 3.8) is 0 Å². The average Bonchev–Trinajstić information content (AvgIpc) is 2.98. The van der Waals surface area contributed by atoms with Crippen LogP contribution in [0.4, 0.5) is 5.69 Å². The number of rotatable bonds is 3. The van der Waals surface area contributed by atoms with Crippen molar-refractivity contribution in [2.75, 3.05) is 18.5 Å². The molecule has 0 aromatic heterocycles. The van der Waals surface area contributed by atoms with Crippen LogP contribution >= 0.6 is 15.9 Å². The maximum absolute atomic E-state index is 9.02. The van der Waals surface area contributed by atoms with E-state index < -0.39 is 0 Å². The summed E-state index contributed by atoms with van der Waals surface area (Å²) >= 11 is 3.45. The minimum atomic E-state index is -0.0724. The summed E-state index contributed by atoms with van der Waals surface area (Å²) in [5.41, 5.74) is 1.09.